The molecular weight excluding hydrogens is 508 g/mol. The van der Waals surface area contributed by atoms with E-state index in [4.69, 9.17) is 18.9 Å². The zero-order valence-corrected chi connectivity index (χ0v) is 22.8. The van der Waals surface area contributed by atoms with Crippen molar-refractivity contribution in [1.82, 2.24) is 15.1 Å². The van der Waals surface area contributed by atoms with Gasteiger partial charge < -0.3 is 29.2 Å². The lowest BCUT2D eigenvalue weighted by atomic mass is 9.93. The molecule has 0 saturated carbocycles. The van der Waals surface area contributed by atoms with Gasteiger partial charge in [0.25, 0.3) is 0 Å². The van der Waals surface area contributed by atoms with Crippen molar-refractivity contribution < 1.29 is 28.5 Å². The second-order valence-corrected chi connectivity index (χ2v) is 9.71. The van der Waals surface area contributed by atoms with Crippen molar-refractivity contribution in [3.8, 4) is 11.5 Å². The molecular formula is C27H34N4O6S. The quantitative estimate of drug-likeness (QED) is 0.334. The minimum atomic E-state index is -0.568. The van der Waals surface area contributed by atoms with Crippen LogP contribution in [0, 0.1) is 0 Å². The standard InChI is InChI=1S/C27H34N4O6S/c1-5-12-37-26(33)24-18(2)29-27-31(25(24)19-6-7-21(34-3)22(15-19)35-4)20(17-38-27)16-23(32)28-8-9-30-10-13-36-14-11-30/h5-7,15,17,25H,1,8-14,16H2,2-4H3,(H,28,32)/t25-/m1/s1. The summed E-state index contributed by atoms with van der Waals surface area (Å²) in [6.45, 7) is 10.0. The molecule has 0 unspecified atom stereocenters. The van der Waals surface area contributed by atoms with Crippen LogP contribution in [-0.4, -0.2) is 87.1 Å². The Bertz CT molecular complexity index is 1160. The second kappa shape index (κ2) is 13.0. The van der Waals surface area contributed by atoms with Crippen molar-refractivity contribution in [2.45, 2.75) is 19.4 Å². The van der Waals surface area contributed by atoms with Crippen LogP contribution in [-0.2, 0) is 19.1 Å². The van der Waals surface area contributed by atoms with E-state index in [1.165, 1.54) is 17.8 Å². The molecule has 3 aliphatic heterocycles. The van der Waals surface area contributed by atoms with E-state index in [1.54, 1.807) is 27.2 Å². The van der Waals surface area contributed by atoms with Crippen molar-refractivity contribution in [2.24, 2.45) is 4.99 Å². The Morgan fingerprint density at radius 3 is 2.71 bits per heavy atom. The predicted octanol–water partition coefficient (Wildman–Crippen LogP) is 2.85. The molecule has 1 saturated heterocycles. The predicted molar refractivity (Wildman–Crippen MR) is 146 cm³/mol. The van der Waals surface area contributed by atoms with Crippen LogP contribution in [0.2, 0.25) is 0 Å². The molecule has 204 valence electrons. The molecule has 1 fully saturated rings. The Morgan fingerprint density at radius 2 is 2.00 bits per heavy atom. The molecule has 11 heteroatoms. The Morgan fingerprint density at radius 1 is 1.24 bits per heavy atom. The second-order valence-electron chi connectivity index (χ2n) is 8.88. The van der Waals surface area contributed by atoms with Gasteiger partial charge in [-0.2, -0.15) is 0 Å². The number of fused-ring (bicyclic) bond motifs is 1. The van der Waals surface area contributed by atoms with E-state index in [9.17, 15) is 9.59 Å². The van der Waals surface area contributed by atoms with Crippen LogP contribution in [0.5, 0.6) is 11.5 Å². The maximum Gasteiger partial charge on any atom is 0.338 e. The Hall–Kier alpha value is -3.28. The molecule has 0 radical (unpaired) electrons. The van der Waals surface area contributed by atoms with Crippen molar-refractivity contribution in [2.75, 3.05) is 60.2 Å². The average molecular weight is 543 g/mol. The zero-order valence-electron chi connectivity index (χ0n) is 22.0. The minimum absolute atomic E-state index is 0.0772. The van der Waals surface area contributed by atoms with Crippen molar-refractivity contribution >= 4 is 28.8 Å². The summed E-state index contributed by atoms with van der Waals surface area (Å²) in [5, 5.41) is 5.63. The molecule has 0 aromatic heterocycles. The number of amides is 1. The van der Waals surface area contributed by atoms with Crippen LogP contribution in [0.25, 0.3) is 0 Å². The molecule has 0 spiro atoms. The summed E-state index contributed by atoms with van der Waals surface area (Å²) in [5.74, 6) is 0.517. The highest BCUT2D eigenvalue weighted by atomic mass is 32.2. The van der Waals surface area contributed by atoms with Gasteiger partial charge in [-0.15, -0.1) is 0 Å². The number of ether oxygens (including phenoxy) is 4. The maximum absolute atomic E-state index is 13.2. The number of hydrogen-bond donors (Lipinski definition) is 1. The van der Waals surface area contributed by atoms with Crippen LogP contribution >= 0.6 is 11.8 Å². The number of allylic oxidation sites excluding steroid dienone is 1. The molecule has 1 aromatic carbocycles. The first-order valence-corrected chi connectivity index (χ1v) is 13.4. The van der Waals surface area contributed by atoms with E-state index in [0.29, 0.717) is 34.5 Å². The van der Waals surface area contributed by atoms with E-state index >= 15 is 0 Å². The van der Waals surface area contributed by atoms with Crippen LogP contribution in [0.3, 0.4) is 0 Å². The van der Waals surface area contributed by atoms with Gasteiger partial charge in [-0.1, -0.05) is 30.5 Å². The third kappa shape index (κ3) is 6.23. The van der Waals surface area contributed by atoms with Gasteiger partial charge in [0, 0.05) is 31.9 Å². The number of morpholine rings is 1. The van der Waals surface area contributed by atoms with Crippen molar-refractivity contribution in [3.05, 3.63) is 58.8 Å². The Labute approximate surface area is 227 Å². The summed E-state index contributed by atoms with van der Waals surface area (Å²) in [5.41, 5.74) is 2.48. The minimum Gasteiger partial charge on any atom is -0.493 e. The van der Waals surface area contributed by atoms with E-state index < -0.39 is 12.0 Å². The number of aliphatic imine (C=N–C) groups is 1. The number of esters is 1. The summed E-state index contributed by atoms with van der Waals surface area (Å²) in [6, 6.07) is 4.95. The lowest BCUT2D eigenvalue weighted by Gasteiger charge is -2.36. The van der Waals surface area contributed by atoms with E-state index in [2.05, 4.69) is 21.8 Å². The summed E-state index contributed by atoms with van der Waals surface area (Å²) < 4.78 is 21.8. The molecule has 1 aromatic rings. The lowest BCUT2D eigenvalue weighted by Crippen LogP contribution is -2.42. The number of hydrogen-bond acceptors (Lipinski definition) is 10. The number of amidine groups is 1. The van der Waals surface area contributed by atoms with Crippen LogP contribution in [0.15, 0.2) is 58.2 Å². The molecule has 1 atom stereocenters. The highest BCUT2D eigenvalue weighted by Crippen LogP contribution is 2.46. The molecule has 3 aliphatic rings. The van der Waals surface area contributed by atoms with Gasteiger partial charge in [0.15, 0.2) is 16.7 Å². The fraction of sp³-hybridized carbons (Fsp3) is 0.444. The highest BCUT2D eigenvalue weighted by Gasteiger charge is 2.41. The van der Waals surface area contributed by atoms with Gasteiger partial charge in [-0.05, 0) is 30.0 Å². The first-order chi connectivity index (χ1) is 18.5. The van der Waals surface area contributed by atoms with Gasteiger partial charge in [0.05, 0.1) is 51.2 Å². The zero-order chi connectivity index (χ0) is 27.1. The number of rotatable bonds is 11. The fourth-order valence-corrected chi connectivity index (χ4v) is 5.55. The highest BCUT2D eigenvalue weighted by molar-refractivity contribution is 8.16. The maximum atomic E-state index is 13.2. The molecule has 4 rings (SSSR count). The Balaban J connectivity index is 1.58. The van der Waals surface area contributed by atoms with Gasteiger partial charge in [0.1, 0.15) is 6.61 Å². The number of carbonyl (C=O) groups is 2. The SMILES string of the molecule is C=CCOC(=O)C1=C(C)N=C2SC=C(CC(=O)NCCN3CCOCC3)N2[C@@H]1c1ccc(OC)c(OC)c1. The largest absolute Gasteiger partial charge is 0.493 e. The molecule has 38 heavy (non-hydrogen) atoms. The molecule has 3 heterocycles. The molecule has 10 nitrogen and oxygen atoms in total. The first-order valence-electron chi connectivity index (χ1n) is 12.5. The summed E-state index contributed by atoms with van der Waals surface area (Å²) in [6.07, 6.45) is 1.67. The van der Waals surface area contributed by atoms with Crippen LogP contribution < -0.4 is 14.8 Å². The molecule has 1 N–H and O–H groups in total. The van der Waals surface area contributed by atoms with E-state index in [0.717, 1.165) is 44.1 Å². The van der Waals surface area contributed by atoms with Gasteiger partial charge in [-0.3, -0.25) is 9.69 Å². The first kappa shape index (κ1) is 27.7. The van der Waals surface area contributed by atoms with Crippen molar-refractivity contribution in [3.63, 3.8) is 0 Å². The normalized spacial score (nSPS) is 19.3. The number of thioether (sulfide) groups is 1. The summed E-state index contributed by atoms with van der Waals surface area (Å²) >= 11 is 1.43. The third-order valence-corrected chi connectivity index (χ3v) is 7.36. The lowest BCUT2D eigenvalue weighted by molar-refractivity contribution is -0.138. The topological polar surface area (TPSA) is 102 Å². The Kier molecular flexibility index (Phi) is 9.48. The number of nitrogens with one attached hydrogen (secondary N) is 1. The number of methoxy groups -OCH3 is 2. The number of benzene rings is 1. The third-order valence-electron chi connectivity index (χ3n) is 6.47. The van der Waals surface area contributed by atoms with Gasteiger partial charge in [0.2, 0.25) is 5.91 Å². The molecule has 0 bridgehead atoms. The molecule has 0 aliphatic carbocycles. The monoisotopic (exact) mass is 542 g/mol. The van der Waals surface area contributed by atoms with Crippen LogP contribution in [0.4, 0.5) is 0 Å². The average Bonchev–Trinajstić information content (AvgIpc) is 3.32. The van der Waals surface area contributed by atoms with Gasteiger partial charge in [-0.25, -0.2) is 9.79 Å². The fourth-order valence-electron chi connectivity index (χ4n) is 4.59. The van der Waals surface area contributed by atoms with Crippen molar-refractivity contribution in [1.29, 1.82) is 0 Å². The number of carbonyl (C=O) groups excluding carboxylic acids is 2. The molecule has 1 amide bonds. The summed E-state index contributed by atoms with van der Waals surface area (Å²) in [4.78, 5) is 35.1. The van der Waals surface area contributed by atoms with E-state index in [1.807, 2.05) is 22.4 Å². The van der Waals surface area contributed by atoms with Gasteiger partial charge >= 0.3 is 5.97 Å². The van der Waals surface area contributed by atoms with Crippen LogP contribution in [0.1, 0.15) is 24.9 Å². The number of nitrogens with zero attached hydrogens (tertiary/aromatic N) is 3. The smallest absolute Gasteiger partial charge is 0.338 e. The van der Waals surface area contributed by atoms with E-state index in [-0.39, 0.29) is 18.9 Å². The summed E-state index contributed by atoms with van der Waals surface area (Å²) in [7, 11) is 3.13.